The number of hydrogen-bond acceptors (Lipinski definition) is 5. The van der Waals surface area contributed by atoms with Gasteiger partial charge in [0.25, 0.3) is 0 Å². The Kier molecular flexibility index (Phi) is 4.09. The monoisotopic (exact) mass is 269 g/mol. The Hall–Kier alpha value is -0.980. The lowest BCUT2D eigenvalue weighted by Gasteiger charge is -2.03. The van der Waals surface area contributed by atoms with Crippen molar-refractivity contribution in [1.82, 2.24) is 10.2 Å². The standard InChI is InChI=1S/C11H12FN3S2/c1-7-14-15-11(17-7)16-6-8-2-3-10(12)9(4-8)5-13/h2-4H,5-6,13H2,1H3. The predicted octanol–water partition coefficient (Wildman–Crippen LogP) is 2.74. The highest BCUT2D eigenvalue weighted by Crippen LogP contribution is 2.26. The van der Waals surface area contributed by atoms with Crippen LogP contribution in [0, 0.1) is 12.7 Å². The highest BCUT2D eigenvalue weighted by Gasteiger charge is 2.05. The van der Waals surface area contributed by atoms with Crippen LogP contribution in [0.25, 0.3) is 0 Å². The van der Waals surface area contributed by atoms with Gasteiger partial charge in [-0.05, 0) is 18.6 Å². The molecular weight excluding hydrogens is 257 g/mol. The summed E-state index contributed by atoms with van der Waals surface area (Å²) in [6.07, 6.45) is 0. The van der Waals surface area contributed by atoms with E-state index >= 15 is 0 Å². The van der Waals surface area contributed by atoms with Crippen molar-refractivity contribution >= 4 is 23.1 Å². The van der Waals surface area contributed by atoms with E-state index < -0.39 is 0 Å². The van der Waals surface area contributed by atoms with Gasteiger partial charge in [0.1, 0.15) is 10.8 Å². The minimum atomic E-state index is -0.243. The molecule has 0 aliphatic carbocycles. The second kappa shape index (κ2) is 5.57. The Bertz CT molecular complexity index is 513. The predicted molar refractivity (Wildman–Crippen MR) is 68.5 cm³/mol. The number of rotatable bonds is 4. The van der Waals surface area contributed by atoms with Crippen molar-refractivity contribution in [2.24, 2.45) is 5.73 Å². The smallest absolute Gasteiger partial charge is 0.174 e. The molecular formula is C11H12FN3S2. The van der Waals surface area contributed by atoms with Crippen LogP contribution < -0.4 is 5.73 Å². The van der Waals surface area contributed by atoms with E-state index in [1.807, 2.05) is 6.92 Å². The molecule has 0 saturated carbocycles. The summed E-state index contributed by atoms with van der Waals surface area (Å²) in [5, 5.41) is 8.92. The molecule has 2 rings (SSSR count). The largest absolute Gasteiger partial charge is 0.326 e. The van der Waals surface area contributed by atoms with Gasteiger partial charge in [-0.1, -0.05) is 35.2 Å². The van der Waals surface area contributed by atoms with Crippen LogP contribution in [0.4, 0.5) is 4.39 Å². The lowest BCUT2D eigenvalue weighted by molar-refractivity contribution is 0.610. The van der Waals surface area contributed by atoms with Crippen LogP contribution in [0.2, 0.25) is 0 Å². The summed E-state index contributed by atoms with van der Waals surface area (Å²) >= 11 is 3.16. The maximum absolute atomic E-state index is 13.2. The van der Waals surface area contributed by atoms with Gasteiger partial charge in [-0.3, -0.25) is 0 Å². The van der Waals surface area contributed by atoms with Crippen molar-refractivity contribution in [1.29, 1.82) is 0 Å². The van der Waals surface area contributed by atoms with E-state index in [0.29, 0.717) is 5.56 Å². The van der Waals surface area contributed by atoms with Crippen molar-refractivity contribution in [3.63, 3.8) is 0 Å². The minimum absolute atomic E-state index is 0.224. The SMILES string of the molecule is Cc1nnc(SCc2ccc(F)c(CN)c2)s1. The molecule has 1 heterocycles. The molecule has 0 spiro atoms. The zero-order chi connectivity index (χ0) is 12.3. The Morgan fingerprint density at radius 2 is 2.24 bits per heavy atom. The van der Waals surface area contributed by atoms with E-state index in [1.165, 1.54) is 6.07 Å². The molecule has 90 valence electrons. The summed E-state index contributed by atoms with van der Waals surface area (Å²) < 4.78 is 14.2. The molecule has 0 amide bonds. The van der Waals surface area contributed by atoms with Crippen molar-refractivity contribution in [2.45, 2.75) is 23.6 Å². The number of nitrogens with two attached hydrogens (primary N) is 1. The third-order valence-electron chi connectivity index (χ3n) is 2.20. The molecule has 17 heavy (non-hydrogen) atoms. The molecule has 6 heteroatoms. The molecule has 2 aromatic rings. The van der Waals surface area contributed by atoms with E-state index in [1.54, 1.807) is 35.2 Å². The molecule has 0 unspecified atom stereocenters. The van der Waals surface area contributed by atoms with E-state index in [2.05, 4.69) is 10.2 Å². The topological polar surface area (TPSA) is 51.8 Å². The molecule has 0 radical (unpaired) electrons. The van der Waals surface area contributed by atoms with Gasteiger partial charge < -0.3 is 5.73 Å². The first kappa shape index (κ1) is 12.5. The number of nitrogens with zero attached hydrogens (tertiary/aromatic N) is 2. The summed E-state index contributed by atoms with van der Waals surface area (Å²) in [5.74, 6) is 0.509. The third kappa shape index (κ3) is 3.24. The van der Waals surface area contributed by atoms with Crippen LogP contribution in [0.5, 0.6) is 0 Å². The van der Waals surface area contributed by atoms with Gasteiger partial charge >= 0.3 is 0 Å². The van der Waals surface area contributed by atoms with Crippen LogP contribution >= 0.6 is 23.1 Å². The Morgan fingerprint density at radius 1 is 1.41 bits per heavy atom. The fraction of sp³-hybridized carbons (Fsp3) is 0.273. The van der Waals surface area contributed by atoms with E-state index in [-0.39, 0.29) is 12.4 Å². The number of hydrogen-bond donors (Lipinski definition) is 1. The van der Waals surface area contributed by atoms with Gasteiger partial charge in [-0.25, -0.2) is 4.39 Å². The lowest BCUT2D eigenvalue weighted by atomic mass is 10.1. The number of thioether (sulfide) groups is 1. The molecule has 0 aliphatic rings. The van der Waals surface area contributed by atoms with E-state index in [4.69, 9.17) is 5.73 Å². The van der Waals surface area contributed by atoms with Crippen LogP contribution in [0.1, 0.15) is 16.1 Å². The van der Waals surface area contributed by atoms with Gasteiger partial charge in [-0.15, -0.1) is 10.2 Å². The second-order valence-corrected chi connectivity index (χ2v) is 5.91. The van der Waals surface area contributed by atoms with Crippen molar-refractivity contribution in [3.05, 3.63) is 40.2 Å². The van der Waals surface area contributed by atoms with Crippen molar-refractivity contribution < 1.29 is 4.39 Å². The van der Waals surface area contributed by atoms with E-state index in [0.717, 1.165) is 20.7 Å². The number of benzene rings is 1. The molecule has 1 aromatic carbocycles. The maximum atomic E-state index is 13.2. The normalized spacial score (nSPS) is 10.8. The molecule has 0 fully saturated rings. The average molecular weight is 269 g/mol. The average Bonchev–Trinajstić information content (AvgIpc) is 2.74. The van der Waals surface area contributed by atoms with Crippen LogP contribution in [0.15, 0.2) is 22.5 Å². The van der Waals surface area contributed by atoms with Gasteiger partial charge in [0.15, 0.2) is 4.34 Å². The molecule has 2 N–H and O–H groups in total. The maximum Gasteiger partial charge on any atom is 0.174 e. The molecule has 1 aromatic heterocycles. The number of aromatic nitrogens is 2. The minimum Gasteiger partial charge on any atom is -0.326 e. The Balaban J connectivity index is 2.04. The second-order valence-electron chi connectivity index (χ2n) is 3.51. The van der Waals surface area contributed by atoms with Crippen LogP contribution in [-0.2, 0) is 12.3 Å². The molecule has 0 bridgehead atoms. The highest BCUT2D eigenvalue weighted by molar-refractivity contribution is 8.00. The summed E-state index contributed by atoms with van der Waals surface area (Å²) in [4.78, 5) is 0. The van der Waals surface area contributed by atoms with Crippen molar-refractivity contribution in [2.75, 3.05) is 0 Å². The fourth-order valence-electron chi connectivity index (χ4n) is 1.36. The zero-order valence-electron chi connectivity index (χ0n) is 9.31. The highest BCUT2D eigenvalue weighted by atomic mass is 32.2. The zero-order valence-corrected chi connectivity index (χ0v) is 10.9. The molecule has 0 atom stereocenters. The van der Waals surface area contributed by atoms with Gasteiger partial charge in [-0.2, -0.15) is 0 Å². The number of halogens is 1. The summed E-state index contributed by atoms with van der Waals surface area (Å²) in [6, 6.07) is 5.04. The van der Waals surface area contributed by atoms with E-state index in [9.17, 15) is 4.39 Å². The van der Waals surface area contributed by atoms with Gasteiger partial charge in [0.05, 0.1) is 0 Å². The molecule has 0 aliphatic heterocycles. The first-order valence-corrected chi connectivity index (χ1v) is 6.89. The summed E-state index contributed by atoms with van der Waals surface area (Å²) in [6.45, 7) is 2.15. The molecule has 3 nitrogen and oxygen atoms in total. The molecule has 0 saturated heterocycles. The third-order valence-corrected chi connectivity index (χ3v) is 4.24. The van der Waals surface area contributed by atoms with Gasteiger partial charge in [0, 0.05) is 17.9 Å². The Morgan fingerprint density at radius 3 is 2.88 bits per heavy atom. The van der Waals surface area contributed by atoms with Crippen LogP contribution in [-0.4, -0.2) is 10.2 Å². The first-order valence-electron chi connectivity index (χ1n) is 5.09. The number of aryl methyl sites for hydroxylation is 1. The van der Waals surface area contributed by atoms with Crippen molar-refractivity contribution in [3.8, 4) is 0 Å². The Labute approximate surface area is 107 Å². The van der Waals surface area contributed by atoms with Gasteiger partial charge in [0.2, 0.25) is 0 Å². The lowest BCUT2D eigenvalue weighted by Crippen LogP contribution is -2.00. The first-order chi connectivity index (χ1) is 8.19. The van der Waals surface area contributed by atoms with Crippen LogP contribution in [0.3, 0.4) is 0 Å². The fourth-order valence-corrected chi connectivity index (χ4v) is 3.11. The summed E-state index contributed by atoms with van der Waals surface area (Å²) in [5.41, 5.74) is 7.06. The summed E-state index contributed by atoms with van der Waals surface area (Å²) in [7, 11) is 0. The quantitative estimate of drug-likeness (QED) is 0.867.